The van der Waals surface area contributed by atoms with Crippen molar-refractivity contribution in [1.29, 1.82) is 0 Å². The van der Waals surface area contributed by atoms with E-state index in [2.05, 4.69) is 17.1 Å². The van der Waals surface area contributed by atoms with Gasteiger partial charge in [0.1, 0.15) is 0 Å². The van der Waals surface area contributed by atoms with Crippen molar-refractivity contribution in [2.45, 2.75) is 32.6 Å². The highest BCUT2D eigenvalue weighted by Crippen LogP contribution is 2.06. The molecule has 1 heterocycles. The molecule has 0 aliphatic heterocycles. The maximum absolute atomic E-state index is 10.5. The third-order valence-corrected chi connectivity index (χ3v) is 2.11. The van der Waals surface area contributed by atoms with Crippen molar-refractivity contribution < 1.29 is 14.6 Å². The van der Waals surface area contributed by atoms with Crippen molar-refractivity contribution in [2.75, 3.05) is 6.61 Å². The van der Waals surface area contributed by atoms with Gasteiger partial charge in [0.25, 0.3) is 0 Å². The molecule has 1 rings (SSSR count). The molecule has 0 saturated carbocycles. The zero-order chi connectivity index (χ0) is 11.8. The molecule has 0 fully saturated rings. The number of hydrogen-bond donors (Lipinski definition) is 1. The van der Waals surface area contributed by atoms with Gasteiger partial charge in [-0.15, -0.1) is 10.2 Å². The summed E-state index contributed by atoms with van der Waals surface area (Å²) in [5.41, 5.74) is -0.0710. The van der Waals surface area contributed by atoms with Gasteiger partial charge >= 0.3 is 5.97 Å². The Morgan fingerprint density at radius 1 is 1.31 bits per heavy atom. The number of rotatable bonds is 7. The van der Waals surface area contributed by atoms with Gasteiger partial charge in [0, 0.05) is 6.07 Å². The van der Waals surface area contributed by atoms with Crippen LogP contribution in [0.5, 0.6) is 5.88 Å². The van der Waals surface area contributed by atoms with Crippen molar-refractivity contribution in [3.63, 3.8) is 0 Å². The highest BCUT2D eigenvalue weighted by molar-refractivity contribution is 5.84. The first kappa shape index (κ1) is 12.4. The van der Waals surface area contributed by atoms with Crippen LogP contribution < -0.4 is 4.74 Å². The van der Waals surface area contributed by atoms with Crippen molar-refractivity contribution in [3.8, 4) is 5.88 Å². The number of ether oxygens (including phenoxy) is 1. The van der Waals surface area contributed by atoms with Gasteiger partial charge in [-0.05, 0) is 12.5 Å². The Balaban J connectivity index is 2.29. The Morgan fingerprint density at radius 2 is 2.12 bits per heavy atom. The molecule has 0 aromatic carbocycles. The van der Waals surface area contributed by atoms with E-state index in [-0.39, 0.29) is 5.69 Å². The molecule has 5 nitrogen and oxygen atoms in total. The first-order chi connectivity index (χ1) is 7.74. The minimum atomic E-state index is -1.08. The SMILES string of the molecule is CCCCCCOc1ccc(C(=O)O)nn1. The topological polar surface area (TPSA) is 72.3 Å². The van der Waals surface area contributed by atoms with Crippen molar-refractivity contribution in [3.05, 3.63) is 17.8 Å². The Hall–Kier alpha value is -1.65. The van der Waals surface area contributed by atoms with Gasteiger partial charge in [-0.3, -0.25) is 0 Å². The molecule has 0 radical (unpaired) electrons. The second-order valence-corrected chi connectivity index (χ2v) is 3.47. The highest BCUT2D eigenvalue weighted by Gasteiger charge is 2.05. The number of carboxylic acid groups (broad SMARTS) is 1. The van der Waals surface area contributed by atoms with Crippen molar-refractivity contribution >= 4 is 5.97 Å². The monoisotopic (exact) mass is 224 g/mol. The van der Waals surface area contributed by atoms with E-state index < -0.39 is 5.97 Å². The van der Waals surface area contributed by atoms with E-state index in [0.29, 0.717) is 12.5 Å². The first-order valence-corrected chi connectivity index (χ1v) is 5.44. The van der Waals surface area contributed by atoms with Crippen LogP contribution in [-0.2, 0) is 0 Å². The number of carboxylic acids is 1. The van der Waals surface area contributed by atoms with Crippen LogP contribution in [0.25, 0.3) is 0 Å². The molecule has 0 amide bonds. The molecule has 0 atom stereocenters. The van der Waals surface area contributed by atoms with Gasteiger partial charge in [-0.25, -0.2) is 4.79 Å². The third-order valence-electron chi connectivity index (χ3n) is 2.11. The molecule has 1 N–H and O–H groups in total. The summed E-state index contributed by atoms with van der Waals surface area (Å²) in [6.45, 7) is 2.75. The van der Waals surface area contributed by atoms with Crippen LogP contribution in [-0.4, -0.2) is 27.9 Å². The quantitative estimate of drug-likeness (QED) is 0.718. The fourth-order valence-corrected chi connectivity index (χ4v) is 1.22. The summed E-state index contributed by atoms with van der Waals surface area (Å²) in [6, 6.07) is 2.91. The summed E-state index contributed by atoms with van der Waals surface area (Å²) in [4.78, 5) is 10.5. The van der Waals surface area contributed by atoms with Crippen LogP contribution in [0.4, 0.5) is 0 Å². The summed E-state index contributed by atoms with van der Waals surface area (Å²) < 4.78 is 5.32. The smallest absolute Gasteiger partial charge is 0.356 e. The molecule has 1 aromatic heterocycles. The molecule has 0 aliphatic carbocycles. The maximum atomic E-state index is 10.5. The zero-order valence-electron chi connectivity index (χ0n) is 9.35. The standard InChI is InChI=1S/C11H16N2O3/c1-2-3-4-5-8-16-10-7-6-9(11(14)15)12-13-10/h6-7H,2-5,8H2,1H3,(H,14,15). The van der Waals surface area contributed by atoms with Crippen LogP contribution in [0.15, 0.2) is 12.1 Å². The zero-order valence-corrected chi connectivity index (χ0v) is 9.35. The van der Waals surface area contributed by atoms with E-state index in [0.717, 1.165) is 12.8 Å². The fraction of sp³-hybridized carbons (Fsp3) is 0.545. The molecule has 0 unspecified atom stereocenters. The second kappa shape index (κ2) is 6.76. The third kappa shape index (κ3) is 4.25. The number of carbonyl (C=O) groups is 1. The first-order valence-electron chi connectivity index (χ1n) is 5.44. The number of nitrogens with zero attached hydrogens (tertiary/aromatic N) is 2. The van der Waals surface area contributed by atoms with Crippen LogP contribution in [0.1, 0.15) is 43.1 Å². The Morgan fingerprint density at radius 3 is 2.69 bits per heavy atom. The van der Waals surface area contributed by atoms with E-state index in [1.165, 1.54) is 25.0 Å². The molecule has 88 valence electrons. The predicted octanol–water partition coefficient (Wildman–Crippen LogP) is 2.13. The van der Waals surface area contributed by atoms with E-state index in [1.807, 2.05) is 0 Å². The Bertz CT molecular complexity index is 325. The Kier molecular flexibility index (Phi) is 5.25. The largest absolute Gasteiger partial charge is 0.477 e. The summed E-state index contributed by atoms with van der Waals surface area (Å²) in [6.07, 6.45) is 4.51. The van der Waals surface area contributed by atoms with Gasteiger partial charge < -0.3 is 9.84 Å². The molecule has 1 aromatic rings. The van der Waals surface area contributed by atoms with Crippen molar-refractivity contribution in [2.24, 2.45) is 0 Å². The van der Waals surface area contributed by atoms with Crippen LogP contribution in [0.2, 0.25) is 0 Å². The molecule has 0 aliphatic rings. The highest BCUT2D eigenvalue weighted by atomic mass is 16.5. The molecular formula is C11H16N2O3. The lowest BCUT2D eigenvalue weighted by atomic mass is 10.2. The van der Waals surface area contributed by atoms with Gasteiger partial charge in [0.05, 0.1) is 6.61 Å². The second-order valence-electron chi connectivity index (χ2n) is 3.47. The molecule has 16 heavy (non-hydrogen) atoms. The number of aromatic carboxylic acids is 1. The van der Waals surface area contributed by atoms with E-state index in [9.17, 15) is 4.79 Å². The summed E-state index contributed by atoms with van der Waals surface area (Å²) in [5, 5.41) is 15.8. The van der Waals surface area contributed by atoms with Crippen LogP contribution in [0.3, 0.4) is 0 Å². The summed E-state index contributed by atoms with van der Waals surface area (Å²) in [5.74, 6) is -0.705. The average Bonchev–Trinajstić information content (AvgIpc) is 2.29. The molecule has 0 spiro atoms. The fourth-order valence-electron chi connectivity index (χ4n) is 1.22. The lowest BCUT2D eigenvalue weighted by molar-refractivity contribution is 0.0689. The summed E-state index contributed by atoms with van der Waals surface area (Å²) in [7, 11) is 0. The minimum absolute atomic E-state index is 0.0710. The minimum Gasteiger partial charge on any atom is -0.477 e. The van der Waals surface area contributed by atoms with E-state index in [1.54, 1.807) is 0 Å². The predicted molar refractivity (Wildman–Crippen MR) is 58.6 cm³/mol. The van der Waals surface area contributed by atoms with Gasteiger partial charge in [0.2, 0.25) is 5.88 Å². The lowest BCUT2D eigenvalue weighted by Crippen LogP contribution is -2.04. The Labute approximate surface area is 94.5 Å². The van der Waals surface area contributed by atoms with E-state index in [4.69, 9.17) is 9.84 Å². The normalized spacial score (nSPS) is 10.1. The van der Waals surface area contributed by atoms with Crippen LogP contribution in [0, 0.1) is 0 Å². The number of hydrogen-bond acceptors (Lipinski definition) is 4. The van der Waals surface area contributed by atoms with Crippen LogP contribution >= 0.6 is 0 Å². The summed E-state index contributed by atoms with van der Waals surface area (Å²) >= 11 is 0. The van der Waals surface area contributed by atoms with Crippen molar-refractivity contribution in [1.82, 2.24) is 10.2 Å². The maximum Gasteiger partial charge on any atom is 0.356 e. The lowest BCUT2D eigenvalue weighted by Gasteiger charge is -2.03. The van der Waals surface area contributed by atoms with Gasteiger partial charge in [-0.1, -0.05) is 26.2 Å². The van der Waals surface area contributed by atoms with Gasteiger partial charge in [0.15, 0.2) is 5.69 Å². The van der Waals surface area contributed by atoms with E-state index >= 15 is 0 Å². The van der Waals surface area contributed by atoms with Gasteiger partial charge in [-0.2, -0.15) is 0 Å². The molecular weight excluding hydrogens is 208 g/mol. The molecule has 0 saturated heterocycles. The number of unbranched alkanes of at least 4 members (excludes halogenated alkanes) is 3. The molecule has 5 heteroatoms. The number of aromatic nitrogens is 2. The average molecular weight is 224 g/mol. The molecule has 0 bridgehead atoms.